The number of fused-ring (bicyclic) bond motifs is 1. The van der Waals surface area contributed by atoms with E-state index in [1.165, 1.54) is 0 Å². The van der Waals surface area contributed by atoms with E-state index < -0.39 is 0 Å². The highest BCUT2D eigenvalue weighted by Gasteiger charge is 2.42. The first-order chi connectivity index (χ1) is 14.0. The average Bonchev–Trinajstić information content (AvgIpc) is 3.05. The van der Waals surface area contributed by atoms with E-state index in [9.17, 15) is 9.59 Å². The maximum Gasteiger partial charge on any atom is 0.227 e. The molecule has 2 aliphatic rings. The van der Waals surface area contributed by atoms with Gasteiger partial charge in [0.05, 0.1) is 13.0 Å². The van der Waals surface area contributed by atoms with Gasteiger partial charge in [-0.05, 0) is 30.9 Å². The predicted octanol–water partition coefficient (Wildman–Crippen LogP) is 2.60. The maximum absolute atomic E-state index is 13.2. The number of carbonyl (C=O) groups is 2. The molecule has 2 aliphatic heterocycles. The molecular formula is C23H31N3O3. The van der Waals surface area contributed by atoms with Crippen LogP contribution in [0.15, 0.2) is 30.5 Å². The number of aryl methyl sites for hydroxylation is 1. The molecule has 1 spiro atoms. The number of rotatable bonds is 5. The Balaban J connectivity index is 1.46. The van der Waals surface area contributed by atoms with Gasteiger partial charge in [-0.25, -0.2) is 0 Å². The van der Waals surface area contributed by atoms with Gasteiger partial charge in [0.2, 0.25) is 11.8 Å². The van der Waals surface area contributed by atoms with Crippen LogP contribution < -0.4 is 0 Å². The highest BCUT2D eigenvalue weighted by atomic mass is 16.5. The quantitative estimate of drug-likeness (QED) is 0.779. The van der Waals surface area contributed by atoms with E-state index in [2.05, 4.69) is 22.9 Å². The molecule has 2 amide bonds. The van der Waals surface area contributed by atoms with Gasteiger partial charge in [-0.2, -0.15) is 0 Å². The second kappa shape index (κ2) is 8.19. The lowest BCUT2D eigenvalue weighted by atomic mass is 9.73. The molecule has 0 N–H and O–H groups in total. The Labute approximate surface area is 172 Å². The van der Waals surface area contributed by atoms with Crippen molar-refractivity contribution in [1.29, 1.82) is 0 Å². The van der Waals surface area contributed by atoms with Gasteiger partial charge >= 0.3 is 0 Å². The van der Waals surface area contributed by atoms with Gasteiger partial charge in [-0.15, -0.1) is 0 Å². The van der Waals surface area contributed by atoms with Crippen LogP contribution in [0.5, 0.6) is 0 Å². The number of methoxy groups -OCH3 is 1. The highest BCUT2D eigenvalue weighted by Crippen LogP contribution is 2.39. The minimum absolute atomic E-state index is 0.0360. The number of aromatic nitrogens is 1. The molecule has 1 aromatic heterocycles. The number of hydrogen-bond donors (Lipinski definition) is 0. The third kappa shape index (κ3) is 4.04. The van der Waals surface area contributed by atoms with Gasteiger partial charge in [0.1, 0.15) is 0 Å². The standard InChI is InChI=1S/C23H31N3O3/c1-24-15-18(19-6-3-4-7-20(19)24)14-22(28)25-11-5-9-23(16-25)10-8-21(27)26(17-23)12-13-29-2/h3-4,6-7,15H,5,8-14,16-17H2,1-2H3. The molecule has 156 valence electrons. The van der Waals surface area contributed by atoms with Gasteiger partial charge in [0, 0.05) is 69.3 Å². The molecule has 0 aliphatic carbocycles. The summed E-state index contributed by atoms with van der Waals surface area (Å²) in [6.45, 7) is 3.52. The summed E-state index contributed by atoms with van der Waals surface area (Å²) in [6.07, 6.45) is 6.07. The number of piperidine rings is 2. The van der Waals surface area contributed by atoms with E-state index in [4.69, 9.17) is 4.74 Å². The lowest BCUT2D eigenvalue weighted by molar-refractivity contribution is -0.143. The monoisotopic (exact) mass is 397 g/mol. The first kappa shape index (κ1) is 20.0. The van der Waals surface area contributed by atoms with E-state index in [1.54, 1.807) is 7.11 Å². The minimum Gasteiger partial charge on any atom is -0.383 e. The summed E-state index contributed by atoms with van der Waals surface area (Å²) in [4.78, 5) is 29.5. The van der Waals surface area contributed by atoms with Gasteiger partial charge in [0.15, 0.2) is 0 Å². The van der Waals surface area contributed by atoms with E-state index in [-0.39, 0.29) is 17.2 Å². The largest absolute Gasteiger partial charge is 0.383 e. The van der Waals surface area contributed by atoms with Crippen molar-refractivity contribution in [2.75, 3.05) is 39.9 Å². The van der Waals surface area contributed by atoms with Crippen LogP contribution in [-0.2, 0) is 27.8 Å². The summed E-state index contributed by atoms with van der Waals surface area (Å²) in [5.74, 6) is 0.410. The summed E-state index contributed by atoms with van der Waals surface area (Å²) in [6, 6.07) is 8.24. The smallest absolute Gasteiger partial charge is 0.227 e. The van der Waals surface area contributed by atoms with Crippen LogP contribution >= 0.6 is 0 Å². The minimum atomic E-state index is 0.0360. The average molecular weight is 398 g/mol. The van der Waals surface area contributed by atoms with E-state index in [0.717, 1.165) is 55.4 Å². The van der Waals surface area contributed by atoms with Crippen LogP contribution in [0, 0.1) is 5.41 Å². The molecule has 0 radical (unpaired) electrons. The molecule has 2 fully saturated rings. The van der Waals surface area contributed by atoms with Crippen LogP contribution in [0.2, 0.25) is 0 Å². The lowest BCUT2D eigenvalue weighted by Crippen LogP contribution is -2.55. The Morgan fingerprint density at radius 3 is 2.86 bits per heavy atom. The van der Waals surface area contributed by atoms with Gasteiger partial charge in [-0.1, -0.05) is 18.2 Å². The zero-order valence-corrected chi connectivity index (χ0v) is 17.5. The zero-order chi connectivity index (χ0) is 20.4. The molecule has 2 saturated heterocycles. The maximum atomic E-state index is 13.2. The number of nitrogens with zero attached hydrogens (tertiary/aromatic N) is 3. The number of hydrogen-bond acceptors (Lipinski definition) is 3. The molecule has 6 nitrogen and oxygen atoms in total. The fraction of sp³-hybridized carbons (Fsp3) is 0.565. The number of likely N-dealkylation sites (tertiary alicyclic amines) is 2. The summed E-state index contributed by atoms with van der Waals surface area (Å²) >= 11 is 0. The second-order valence-electron chi connectivity index (χ2n) is 8.69. The molecule has 1 atom stereocenters. The normalized spacial score (nSPS) is 22.6. The summed E-state index contributed by atoms with van der Waals surface area (Å²) in [5.41, 5.74) is 2.28. The number of benzene rings is 1. The molecule has 2 aromatic rings. The van der Waals surface area contributed by atoms with E-state index in [0.29, 0.717) is 26.0 Å². The first-order valence-corrected chi connectivity index (χ1v) is 10.6. The molecule has 0 saturated carbocycles. The zero-order valence-electron chi connectivity index (χ0n) is 17.5. The predicted molar refractivity (Wildman–Crippen MR) is 113 cm³/mol. The Morgan fingerprint density at radius 1 is 1.21 bits per heavy atom. The van der Waals surface area contributed by atoms with Crippen molar-refractivity contribution in [1.82, 2.24) is 14.4 Å². The Bertz CT molecular complexity index is 906. The number of para-hydroxylation sites is 1. The van der Waals surface area contributed by atoms with Gasteiger partial charge in [-0.3, -0.25) is 9.59 Å². The Hall–Kier alpha value is -2.34. The van der Waals surface area contributed by atoms with Crippen LogP contribution in [0.1, 0.15) is 31.2 Å². The van der Waals surface area contributed by atoms with Crippen molar-refractivity contribution >= 4 is 22.7 Å². The summed E-state index contributed by atoms with van der Waals surface area (Å²) in [5, 5.41) is 1.16. The van der Waals surface area contributed by atoms with Crippen LogP contribution in [0.25, 0.3) is 10.9 Å². The number of ether oxygens (including phenoxy) is 1. The molecule has 29 heavy (non-hydrogen) atoms. The van der Waals surface area contributed by atoms with Crippen LogP contribution in [-0.4, -0.2) is 66.1 Å². The van der Waals surface area contributed by atoms with Gasteiger partial charge < -0.3 is 19.1 Å². The number of amides is 2. The van der Waals surface area contributed by atoms with Crippen molar-refractivity contribution in [3.63, 3.8) is 0 Å². The fourth-order valence-electron chi connectivity index (χ4n) is 5.10. The molecule has 1 aromatic carbocycles. The fourth-order valence-corrected chi connectivity index (χ4v) is 5.10. The van der Waals surface area contributed by atoms with Crippen molar-refractivity contribution in [3.05, 3.63) is 36.0 Å². The molecule has 1 unspecified atom stereocenters. The van der Waals surface area contributed by atoms with Crippen LogP contribution in [0.3, 0.4) is 0 Å². The molecule has 3 heterocycles. The van der Waals surface area contributed by atoms with E-state index >= 15 is 0 Å². The van der Waals surface area contributed by atoms with Gasteiger partial charge in [0.25, 0.3) is 0 Å². The molecule has 6 heteroatoms. The number of carbonyl (C=O) groups excluding carboxylic acids is 2. The third-order valence-corrected chi connectivity index (χ3v) is 6.65. The lowest BCUT2D eigenvalue weighted by Gasteiger charge is -2.48. The third-order valence-electron chi connectivity index (χ3n) is 6.65. The van der Waals surface area contributed by atoms with Crippen molar-refractivity contribution < 1.29 is 14.3 Å². The summed E-state index contributed by atoms with van der Waals surface area (Å²) < 4.78 is 7.26. The Kier molecular flexibility index (Phi) is 5.63. The molecular weight excluding hydrogens is 366 g/mol. The molecule has 0 bridgehead atoms. The van der Waals surface area contributed by atoms with E-state index in [1.807, 2.05) is 29.0 Å². The highest BCUT2D eigenvalue weighted by molar-refractivity contribution is 5.89. The van der Waals surface area contributed by atoms with Crippen LogP contribution in [0.4, 0.5) is 0 Å². The van der Waals surface area contributed by atoms with Crippen molar-refractivity contribution in [2.24, 2.45) is 12.5 Å². The first-order valence-electron chi connectivity index (χ1n) is 10.6. The second-order valence-corrected chi connectivity index (χ2v) is 8.69. The van der Waals surface area contributed by atoms with Crippen molar-refractivity contribution in [2.45, 2.75) is 32.1 Å². The SMILES string of the molecule is COCCN1CC2(CCCN(C(=O)Cc3cn(C)c4ccccc34)C2)CCC1=O. The molecule has 4 rings (SSSR count). The summed E-state index contributed by atoms with van der Waals surface area (Å²) in [7, 11) is 3.69. The topological polar surface area (TPSA) is 54.8 Å². The Morgan fingerprint density at radius 2 is 2.03 bits per heavy atom. The van der Waals surface area contributed by atoms with Crippen molar-refractivity contribution in [3.8, 4) is 0 Å².